The minimum atomic E-state index is -0.796. The first-order chi connectivity index (χ1) is 22.4. The average Bonchev–Trinajstić information content (AvgIpc) is 3.56. The smallest absolute Gasteiger partial charge is 0.338 e. The van der Waals surface area contributed by atoms with Gasteiger partial charge in [-0.15, -0.1) is 0 Å². The summed E-state index contributed by atoms with van der Waals surface area (Å²) in [5.41, 5.74) is 4.73. The molecule has 1 aliphatic heterocycles. The Morgan fingerprint density at radius 3 is 2.67 bits per heavy atom. The van der Waals surface area contributed by atoms with Gasteiger partial charge in [-0.05, 0) is 55.3 Å². The zero-order valence-electron chi connectivity index (χ0n) is 25.6. The zero-order valence-corrected chi connectivity index (χ0v) is 28.0. The maximum atomic E-state index is 14.4. The Labute approximate surface area is 278 Å². The number of esters is 1. The highest BCUT2D eigenvalue weighted by Gasteiger charge is 2.36. The number of nitriles is 1. The van der Waals surface area contributed by atoms with Gasteiger partial charge in [-0.3, -0.25) is 9.36 Å². The summed E-state index contributed by atoms with van der Waals surface area (Å²) in [5, 5.41) is 10.6. The zero-order chi connectivity index (χ0) is 32.4. The Morgan fingerprint density at radius 1 is 1.13 bits per heavy atom. The van der Waals surface area contributed by atoms with Gasteiger partial charge in [0.05, 0.1) is 41.2 Å². The van der Waals surface area contributed by atoms with Crippen LogP contribution in [0.1, 0.15) is 55.0 Å². The van der Waals surface area contributed by atoms with E-state index in [1.54, 1.807) is 18.6 Å². The number of benzene rings is 3. The third-order valence-electron chi connectivity index (χ3n) is 7.96. The van der Waals surface area contributed by atoms with Gasteiger partial charge in [0, 0.05) is 39.2 Å². The Kier molecular flexibility index (Phi) is 9.06. The van der Waals surface area contributed by atoms with Crippen molar-refractivity contribution in [1.29, 1.82) is 5.26 Å². The van der Waals surface area contributed by atoms with E-state index in [1.807, 2.05) is 85.9 Å². The number of halogens is 1. The van der Waals surface area contributed by atoms with Crippen LogP contribution < -0.4 is 19.6 Å². The van der Waals surface area contributed by atoms with Crippen LogP contribution in [-0.2, 0) is 16.1 Å². The van der Waals surface area contributed by atoms with Crippen molar-refractivity contribution >= 4 is 50.2 Å². The molecule has 46 heavy (non-hydrogen) atoms. The highest BCUT2D eigenvalue weighted by atomic mass is 79.9. The molecule has 0 saturated heterocycles. The molecule has 0 N–H and O–H groups in total. The summed E-state index contributed by atoms with van der Waals surface area (Å²) in [7, 11) is 1.57. The van der Waals surface area contributed by atoms with Crippen LogP contribution in [0, 0.1) is 11.3 Å². The third kappa shape index (κ3) is 5.72. The molecule has 0 bridgehead atoms. The second-order valence-corrected chi connectivity index (χ2v) is 12.7. The molecule has 0 unspecified atom stereocenters. The first-order valence-corrected chi connectivity index (χ1v) is 16.6. The lowest BCUT2D eigenvalue weighted by Crippen LogP contribution is -2.40. The van der Waals surface area contributed by atoms with Crippen molar-refractivity contribution in [3.63, 3.8) is 0 Å². The Morgan fingerprint density at radius 2 is 1.91 bits per heavy atom. The van der Waals surface area contributed by atoms with Gasteiger partial charge in [-0.25, -0.2) is 9.79 Å². The molecular formula is C36H31BrN4O4S. The fraction of sp³-hybridized carbons (Fsp3) is 0.222. The predicted octanol–water partition coefficient (Wildman–Crippen LogP) is 6.22. The molecule has 10 heteroatoms. The first kappa shape index (κ1) is 31.3. The Bertz CT molecular complexity index is 2240. The molecular weight excluding hydrogens is 664 g/mol. The predicted molar refractivity (Wildman–Crippen MR) is 183 cm³/mol. The summed E-state index contributed by atoms with van der Waals surface area (Å²) in [6, 6.07) is 22.6. The number of methoxy groups -OCH3 is 1. The molecule has 0 saturated carbocycles. The first-order valence-electron chi connectivity index (χ1n) is 15.0. The number of hydrogen-bond donors (Lipinski definition) is 0. The summed E-state index contributed by atoms with van der Waals surface area (Å²) in [6.45, 7) is 4.49. The van der Waals surface area contributed by atoms with Gasteiger partial charge >= 0.3 is 5.97 Å². The second kappa shape index (κ2) is 13.3. The second-order valence-electron chi connectivity index (χ2n) is 10.8. The highest BCUT2D eigenvalue weighted by Crippen LogP contribution is 2.38. The molecule has 2 aromatic heterocycles. The van der Waals surface area contributed by atoms with Gasteiger partial charge in [0.1, 0.15) is 11.8 Å². The van der Waals surface area contributed by atoms with Crippen molar-refractivity contribution in [1.82, 2.24) is 9.13 Å². The van der Waals surface area contributed by atoms with Gasteiger partial charge in [0.25, 0.3) is 5.56 Å². The van der Waals surface area contributed by atoms with Gasteiger partial charge in [0.2, 0.25) is 0 Å². The van der Waals surface area contributed by atoms with Crippen LogP contribution in [0.2, 0.25) is 0 Å². The maximum Gasteiger partial charge on any atom is 0.338 e. The number of ether oxygens (including phenoxy) is 2. The Hall–Kier alpha value is -4.72. The SMILES string of the molecule is CCCC1=C(C(=O)OCC)[C@@H](c2cc(Br)ccc2OC)n2c(s/c(=C/c3cn(Cc4ccccc4C#N)c4ccccc34)c2=O)=N1. The van der Waals surface area contributed by atoms with Gasteiger partial charge < -0.3 is 14.0 Å². The van der Waals surface area contributed by atoms with Crippen LogP contribution in [0.15, 0.2) is 98.5 Å². The topological polar surface area (TPSA) is 98.6 Å². The lowest BCUT2D eigenvalue weighted by Gasteiger charge is -2.27. The number of thiazole rings is 1. The van der Waals surface area contributed by atoms with E-state index < -0.39 is 12.0 Å². The van der Waals surface area contributed by atoms with Gasteiger partial charge in [0.15, 0.2) is 4.80 Å². The van der Waals surface area contributed by atoms with Crippen molar-refractivity contribution in [2.45, 2.75) is 39.3 Å². The van der Waals surface area contributed by atoms with Crippen LogP contribution in [-0.4, -0.2) is 28.8 Å². The van der Waals surface area contributed by atoms with E-state index in [0.29, 0.717) is 50.4 Å². The monoisotopic (exact) mass is 694 g/mol. The van der Waals surface area contributed by atoms with Gasteiger partial charge in [-0.2, -0.15) is 5.26 Å². The standard InChI is InChI=1S/C36H31BrN4O4S/c1-4-10-28-32(35(43)45-5-2)33(27-18-25(37)15-16-30(27)44-3)41-34(42)31(46-36(41)39-28)17-24-21-40(29-14-9-8-13-26(24)29)20-23-12-7-6-11-22(23)19-38/h6-9,11-18,21,33H,4-5,10,20H2,1-3H3/b31-17+/t33-/m1/s1. The van der Waals surface area contributed by atoms with Crippen LogP contribution in [0.3, 0.4) is 0 Å². The van der Waals surface area contributed by atoms with Crippen molar-refractivity contribution in [2.24, 2.45) is 4.99 Å². The Balaban J connectivity index is 1.57. The molecule has 0 fully saturated rings. The number of allylic oxidation sites excluding steroid dienone is 1. The lowest BCUT2D eigenvalue weighted by molar-refractivity contribution is -0.139. The minimum absolute atomic E-state index is 0.192. The largest absolute Gasteiger partial charge is 0.496 e. The van der Waals surface area contributed by atoms with Crippen molar-refractivity contribution in [2.75, 3.05) is 13.7 Å². The highest BCUT2D eigenvalue weighted by molar-refractivity contribution is 9.10. The summed E-state index contributed by atoms with van der Waals surface area (Å²) in [5.74, 6) is 0.0415. The molecule has 5 aromatic rings. The fourth-order valence-corrected chi connectivity index (χ4v) is 7.34. The summed E-state index contributed by atoms with van der Waals surface area (Å²) >= 11 is 4.86. The fourth-order valence-electron chi connectivity index (χ4n) is 5.95. The average molecular weight is 696 g/mol. The molecule has 0 radical (unpaired) electrons. The van der Waals surface area contributed by atoms with Crippen LogP contribution in [0.4, 0.5) is 0 Å². The normalized spacial score (nSPS) is 14.6. The number of rotatable bonds is 9. The number of hydrogen-bond acceptors (Lipinski definition) is 7. The molecule has 0 amide bonds. The summed E-state index contributed by atoms with van der Waals surface area (Å²) in [4.78, 5) is 33.4. The van der Waals surface area contributed by atoms with Gasteiger partial charge in [-0.1, -0.05) is 77.0 Å². The molecule has 3 aromatic carbocycles. The molecule has 0 aliphatic carbocycles. The molecule has 8 nitrogen and oxygen atoms in total. The van der Waals surface area contributed by atoms with E-state index in [0.717, 1.165) is 32.9 Å². The molecule has 6 rings (SSSR count). The van der Waals surface area contributed by atoms with Crippen molar-refractivity contribution < 1.29 is 14.3 Å². The van der Waals surface area contributed by atoms with Crippen LogP contribution in [0.25, 0.3) is 17.0 Å². The minimum Gasteiger partial charge on any atom is -0.496 e. The van der Waals surface area contributed by atoms with E-state index >= 15 is 0 Å². The maximum absolute atomic E-state index is 14.4. The van der Waals surface area contributed by atoms with E-state index in [9.17, 15) is 14.9 Å². The van der Waals surface area contributed by atoms with Crippen molar-refractivity contribution in [3.8, 4) is 11.8 Å². The summed E-state index contributed by atoms with van der Waals surface area (Å²) in [6.07, 6.45) is 5.21. The number of fused-ring (bicyclic) bond motifs is 2. The van der Waals surface area contributed by atoms with Crippen LogP contribution in [0.5, 0.6) is 5.75 Å². The van der Waals surface area contributed by atoms with E-state index in [4.69, 9.17) is 14.5 Å². The molecule has 1 atom stereocenters. The molecule has 0 spiro atoms. The van der Waals surface area contributed by atoms with E-state index in [1.165, 1.54) is 11.3 Å². The van der Waals surface area contributed by atoms with E-state index in [2.05, 4.69) is 26.6 Å². The number of nitrogens with zero attached hydrogens (tertiary/aromatic N) is 4. The molecule has 1 aliphatic rings. The molecule has 232 valence electrons. The lowest BCUT2D eigenvalue weighted by atomic mass is 9.93. The number of carbonyl (C=O) groups excluding carboxylic acids is 1. The van der Waals surface area contributed by atoms with Crippen LogP contribution >= 0.6 is 27.3 Å². The number of para-hydroxylation sites is 1. The quantitative estimate of drug-likeness (QED) is 0.171. The number of carbonyl (C=O) groups is 1. The molecule has 3 heterocycles. The van der Waals surface area contributed by atoms with E-state index in [-0.39, 0.29) is 12.2 Å². The third-order valence-corrected chi connectivity index (χ3v) is 9.44. The van der Waals surface area contributed by atoms with Crippen molar-refractivity contribution in [3.05, 3.63) is 131 Å². The number of aromatic nitrogens is 2. The summed E-state index contributed by atoms with van der Waals surface area (Å²) < 4.78 is 16.2.